The molecule has 0 fully saturated rings. The molecule has 11 heteroatoms. The standard InChI is InChI=1S/C16H17N3O6S2/c1-3-25-15(21)6-10-8-26-16(17-10)27-9-14(20)18-12-7-11(19(22)23)4-5-13(12)24-2/h4-5,7-8H,3,6,9H2,1-2H3,(H,18,20). The average molecular weight is 411 g/mol. The van der Waals surface area contributed by atoms with Crippen LogP contribution >= 0.6 is 23.1 Å². The number of benzene rings is 1. The van der Waals surface area contributed by atoms with Crippen LogP contribution in [-0.4, -0.2) is 41.3 Å². The Kier molecular flexibility index (Phi) is 7.55. The fourth-order valence-electron chi connectivity index (χ4n) is 2.02. The van der Waals surface area contributed by atoms with Gasteiger partial charge in [0.05, 0.1) is 42.2 Å². The molecule has 9 nitrogen and oxygen atoms in total. The molecule has 0 saturated heterocycles. The number of thioether (sulfide) groups is 1. The van der Waals surface area contributed by atoms with Gasteiger partial charge in [0.1, 0.15) is 5.75 Å². The first-order chi connectivity index (χ1) is 12.9. The van der Waals surface area contributed by atoms with Crippen molar-refractivity contribution in [2.75, 3.05) is 24.8 Å². The molecule has 1 aromatic carbocycles. The number of amides is 1. The van der Waals surface area contributed by atoms with Crippen molar-refractivity contribution < 1.29 is 24.0 Å². The lowest BCUT2D eigenvalue weighted by Crippen LogP contribution is -2.15. The second kappa shape index (κ2) is 9.88. The van der Waals surface area contributed by atoms with Crippen LogP contribution in [0.3, 0.4) is 0 Å². The highest BCUT2D eigenvalue weighted by molar-refractivity contribution is 8.01. The number of carbonyl (C=O) groups excluding carboxylic acids is 2. The van der Waals surface area contributed by atoms with Crippen LogP contribution in [0.5, 0.6) is 5.75 Å². The molecular weight excluding hydrogens is 394 g/mol. The Morgan fingerprint density at radius 1 is 1.41 bits per heavy atom. The molecule has 0 aliphatic heterocycles. The Balaban J connectivity index is 1.93. The van der Waals surface area contributed by atoms with Crippen molar-refractivity contribution in [3.05, 3.63) is 39.4 Å². The van der Waals surface area contributed by atoms with E-state index >= 15 is 0 Å². The molecule has 27 heavy (non-hydrogen) atoms. The molecular formula is C16H17N3O6S2. The Labute approximate surface area is 163 Å². The van der Waals surface area contributed by atoms with E-state index in [1.165, 1.54) is 48.4 Å². The van der Waals surface area contributed by atoms with Crippen LogP contribution < -0.4 is 10.1 Å². The van der Waals surface area contributed by atoms with E-state index < -0.39 is 4.92 Å². The molecule has 0 unspecified atom stereocenters. The molecule has 0 radical (unpaired) electrons. The van der Waals surface area contributed by atoms with Gasteiger partial charge in [-0.15, -0.1) is 11.3 Å². The zero-order valence-electron chi connectivity index (χ0n) is 14.6. The van der Waals surface area contributed by atoms with Crippen LogP contribution in [0, 0.1) is 10.1 Å². The molecule has 1 amide bonds. The number of esters is 1. The minimum atomic E-state index is -0.551. The number of nitro benzene ring substituents is 1. The molecule has 2 aromatic rings. The van der Waals surface area contributed by atoms with E-state index in [0.29, 0.717) is 22.4 Å². The second-order valence-corrected chi connectivity index (χ2v) is 7.15. The highest BCUT2D eigenvalue weighted by Gasteiger charge is 2.15. The summed E-state index contributed by atoms with van der Waals surface area (Å²) >= 11 is 2.52. The van der Waals surface area contributed by atoms with Crippen LogP contribution in [0.15, 0.2) is 27.9 Å². The fraction of sp³-hybridized carbons (Fsp3) is 0.312. The van der Waals surface area contributed by atoms with Gasteiger partial charge in [-0.1, -0.05) is 11.8 Å². The third kappa shape index (κ3) is 6.22. The fourth-order valence-corrected chi connectivity index (χ4v) is 3.66. The van der Waals surface area contributed by atoms with Gasteiger partial charge in [0.2, 0.25) is 5.91 Å². The first-order valence-corrected chi connectivity index (χ1v) is 9.64. The van der Waals surface area contributed by atoms with Crippen molar-refractivity contribution in [3.8, 4) is 5.75 Å². The number of aromatic nitrogens is 1. The van der Waals surface area contributed by atoms with Crippen LogP contribution in [0.25, 0.3) is 0 Å². The van der Waals surface area contributed by atoms with E-state index in [4.69, 9.17) is 9.47 Å². The van der Waals surface area contributed by atoms with Crippen molar-refractivity contribution in [3.63, 3.8) is 0 Å². The Bertz CT molecular complexity index is 839. The normalized spacial score (nSPS) is 10.3. The van der Waals surface area contributed by atoms with Crippen LogP contribution in [0.1, 0.15) is 12.6 Å². The maximum atomic E-state index is 12.2. The first kappa shape index (κ1) is 20.6. The molecule has 1 heterocycles. The van der Waals surface area contributed by atoms with Crippen molar-refractivity contribution in [2.45, 2.75) is 17.7 Å². The minimum absolute atomic E-state index is 0.0538. The van der Waals surface area contributed by atoms with Crippen LogP contribution in [-0.2, 0) is 20.7 Å². The number of nitrogens with one attached hydrogen (secondary N) is 1. The number of anilines is 1. The molecule has 0 aliphatic carbocycles. The summed E-state index contributed by atoms with van der Waals surface area (Å²) in [5, 5.41) is 15.2. The van der Waals surface area contributed by atoms with Gasteiger partial charge in [0.15, 0.2) is 4.34 Å². The van der Waals surface area contributed by atoms with Crippen molar-refractivity contribution in [2.24, 2.45) is 0 Å². The summed E-state index contributed by atoms with van der Waals surface area (Å²) in [4.78, 5) is 38.2. The summed E-state index contributed by atoms with van der Waals surface area (Å²) in [6.45, 7) is 2.04. The number of carbonyl (C=O) groups is 2. The topological polar surface area (TPSA) is 121 Å². The van der Waals surface area contributed by atoms with Gasteiger partial charge in [0.25, 0.3) is 5.69 Å². The summed E-state index contributed by atoms with van der Waals surface area (Å²) < 4.78 is 10.6. The number of methoxy groups -OCH3 is 1. The van der Waals surface area contributed by atoms with Crippen LogP contribution in [0.2, 0.25) is 0 Å². The molecule has 1 aromatic heterocycles. The van der Waals surface area contributed by atoms with Gasteiger partial charge in [-0.25, -0.2) is 4.98 Å². The van der Waals surface area contributed by atoms with Gasteiger partial charge < -0.3 is 14.8 Å². The van der Waals surface area contributed by atoms with Gasteiger partial charge in [0, 0.05) is 17.5 Å². The summed E-state index contributed by atoms with van der Waals surface area (Å²) in [6.07, 6.45) is 0.0853. The average Bonchev–Trinajstić information content (AvgIpc) is 3.07. The Morgan fingerprint density at radius 2 is 2.19 bits per heavy atom. The van der Waals surface area contributed by atoms with Gasteiger partial charge in [-0.3, -0.25) is 19.7 Å². The van der Waals surface area contributed by atoms with Gasteiger partial charge in [-0.2, -0.15) is 0 Å². The maximum Gasteiger partial charge on any atom is 0.311 e. The number of thiazole rings is 1. The third-order valence-corrected chi connectivity index (χ3v) is 5.23. The summed E-state index contributed by atoms with van der Waals surface area (Å²) in [5.41, 5.74) is 0.656. The number of ether oxygens (including phenoxy) is 2. The minimum Gasteiger partial charge on any atom is -0.495 e. The lowest BCUT2D eigenvalue weighted by atomic mass is 10.2. The van der Waals surface area contributed by atoms with Crippen molar-refractivity contribution in [1.29, 1.82) is 0 Å². The predicted molar refractivity (Wildman–Crippen MR) is 101 cm³/mol. The molecule has 144 valence electrons. The van der Waals surface area contributed by atoms with Crippen LogP contribution in [0.4, 0.5) is 11.4 Å². The predicted octanol–water partition coefficient (Wildman–Crippen LogP) is 2.90. The summed E-state index contributed by atoms with van der Waals surface area (Å²) in [6, 6.07) is 3.95. The largest absolute Gasteiger partial charge is 0.495 e. The zero-order valence-corrected chi connectivity index (χ0v) is 16.2. The Hall–Kier alpha value is -2.66. The van der Waals surface area contributed by atoms with Gasteiger partial charge in [-0.05, 0) is 13.0 Å². The van der Waals surface area contributed by atoms with E-state index in [1.54, 1.807) is 12.3 Å². The highest BCUT2D eigenvalue weighted by atomic mass is 32.2. The molecule has 0 spiro atoms. The molecule has 0 bridgehead atoms. The number of nitro groups is 1. The molecule has 1 N–H and O–H groups in total. The zero-order chi connectivity index (χ0) is 19.8. The highest BCUT2D eigenvalue weighted by Crippen LogP contribution is 2.29. The number of rotatable bonds is 9. The van der Waals surface area contributed by atoms with E-state index in [1.807, 2.05) is 0 Å². The van der Waals surface area contributed by atoms with E-state index in [-0.39, 0.29) is 35.4 Å². The number of non-ortho nitro benzene ring substituents is 1. The molecule has 0 atom stereocenters. The Morgan fingerprint density at radius 3 is 2.85 bits per heavy atom. The first-order valence-electron chi connectivity index (χ1n) is 7.78. The monoisotopic (exact) mass is 411 g/mol. The lowest BCUT2D eigenvalue weighted by Gasteiger charge is -2.09. The van der Waals surface area contributed by atoms with E-state index in [0.717, 1.165) is 0 Å². The number of nitrogens with zero attached hydrogens (tertiary/aromatic N) is 2. The van der Waals surface area contributed by atoms with E-state index in [9.17, 15) is 19.7 Å². The maximum absolute atomic E-state index is 12.2. The third-order valence-electron chi connectivity index (χ3n) is 3.16. The van der Waals surface area contributed by atoms with E-state index in [2.05, 4.69) is 10.3 Å². The van der Waals surface area contributed by atoms with Gasteiger partial charge >= 0.3 is 5.97 Å². The SMILES string of the molecule is CCOC(=O)Cc1csc(SCC(=O)Nc2cc([N+](=O)[O-])ccc2OC)n1. The number of hydrogen-bond donors (Lipinski definition) is 1. The summed E-state index contributed by atoms with van der Waals surface area (Å²) in [5.74, 6) is -0.334. The molecule has 2 rings (SSSR count). The smallest absolute Gasteiger partial charge is 0.311 e. The van der Waals surface area contributed by atoms with Crippen molar-refractivity contribution >= 4 is 46.3 Å². The number of hydrogen-bond acceptors (Lipinski definition) is 9. The molecule has 0 saturated carbocycles. The van der Waals surface area contributed by atoms with Crippen molar-refractivity contribution in [1.82, 2.24) is 4.98 Å². The quantitative estimate of drug-likeness (QED) is 0.289. The lowest BCUT2D eigenvalue weighted by molar-refractivity contribution is -0.384. The second-order valence-electron chi connectivity index (χ2n) is 5.07. The molecule has 0 aliphatic rings. The summed E-state index contributed by atoms with van der Waals surface area (Å²) in [7, 11) is 1.41.